The number of rotatable bonds is 5. The summed E-state index contributed by atoms with van der Waals surface area (Å²) in [6.45, 7) is 3.18. The molecule has 0 atom stereocenters. The first-order valence-corrected chi connectivity index (χ1v) is 12.1. The smallest absolute Gasteiger partial charge is 0.367 e. The number of hydrogen-bond donors (Lipinski definition) is 2. The molecule has 0 saturated carbocycles. The quantitative estimate of drug-likeness (QED) is 0.305. The Morgan fingerprint density at radius 3 is 2.76 bits per heavy atom. The Morgan fingerprint density at radius 2 is 1.97 bits per heavy atom. The van der Waals surface area contributed by atoms with E-state index < -0.39 is 17.6 Å². The number of halogens is 3. The van der Waals surface area contributed by atoms with Crippen molar-refractivity contribution in [2.24, 2.45) is 0 Å². The topological polar surface area (TPSA) is 78.8 Å². The lowest BCUT2D eigenvalue weighted by Crippen LogP contribution is -2.20. The van der Waals surface area contributed by atoms with Crippen molar-refractivity contribution in [1.82, 2.24) is 19.5 Å². The summed E-state index contributed by atoms with van der Waals surface area (Å²) in [5.41, 5.74) is 4.41. The number of pyridine rings is 1. The lowest BCUT2D eigenvalue weighted by atomic mass is 10.1. The number of carbonyl (C=O) groups is 1. The average Bonchev–Trinajstić information content (AvgIpc) is 3.63. The molecule has 2 aromatic carbocycles. The van der Waals surface area contributed by atoms with Crippen LogP contribution in [0.4, 0.5) is 24.5 Å². The van der Waals surface area contributed by atoms with E-state index >= 15 is 0 Å². The van der Waals surface area contributed by atoms with Crippen LogP contribution in [0.1, 0.15) is 32.7 Å². The zero-order valence-corrected chi connectivity index (χ0v) is 20.4. The summed E-state index contributed by atoms with van der Waals surface area (Å²) in [7, 11) is 0. The van der Waals surface area contributed by atoms with Crippen LogP contribution in [-0.4, -0.2) is 32.0 Å². The monoisotopic (exact) mass is 516 g/mol. The van der Waals surface area contributed by atoms with Crippen molar-refractivity contribution in [1.29, 1.82) is 0 Å². The molecule has 0 radical (unpaired) electrons. The van der Waals surface area contributed by atoms with Crippen LogP contribution in [0.25, 0.3) is 16.7 Å². The van der Waals surface area contributed by atoms with E-state index in [9.17, 15) is 18.0 Å². The Kier molecular flexibility index (Phi) is 5.67. The molecule has 5 aromatic rings. The Hall–Kier alpha value is -4.60. The van der Waals surface area contributed by atoms with Crippen molar-refractivity contribution in [3.8, 4) is 5.69 Å². The van der Waals surface area contributed by atoms with Gasteiger partial charge in [-0.05, 0) is 66.9 Å². The van der Waals surface area contributed by atoms with Gasteiger partial charge in [0.2, 0.25) is 0 Å². The highest BCUT2D eigenvalue weighted by Crippen LogP contribution is 2.34. The fraction of sp³-hybridized carbons (Fsp3) is 0.179. The minimum absolute atomic E-state index is 0.0504. The summed E-state index contributed by atoms with van der Waals surface area (Å²) in [5.74, 6) is -0.484. The van der Waals surface area contributed by atoms with Gasteiger partial charge in [-0.2, -0.15) is 13.2 Å². The van der Waals surface area contributed by atoms with Gasteiger partial charge in [0.25, 0.3) is 5.91 Å². The number of amides is 1. The van der Waals surface area contributed by atoms with Gasteiger partial charge in [-0.25, -0.2) is 9.97 Å². The molecule has 10 heteroatoms. The third kappa shape index (κ3) is 4.60. The molecular formula is C28H23F3N6O. The van der Waals surface area contributed by atoms with Gasteiger partial charge in [0, 0.05) is 59.7 Å². The predicted octanol–water partition coefficient (Wildman–Crippen LogP) is 5.89. The second-order valence-electron chi connectivity index (χ2n) is 9.42. The number of aryl methyl sites for hydroxylation is 1. The molecule has 0 saturated heterocycles. The maximum atomic E-state index is 13.6. The molecule has 1 aliphatic rings. The third-order valence-corrected chi connectivity index (χ3v) is 6.68. The molecule has 0 spiro atoms. The Balaban J connectivity index is 1.26. The summed E-state index contributed by atoms with van der Waals surface area (Å²) in [6, 6.07) is 12.9. The van der Waals surface area contributed by atoms with Gasteiger partial charge in [0.05, 0.1) is 17.6 Å². The van der Waals surface area contributed by atoms with E-state index in [1.807, 2.05) is 24.5 Å². The first-order valence-electron chi connectivity index (χ1n) is 12.1. The molecular weight excluding hydrogens is 493 g/mol. The molecule has 192 valence electrons. The van der Waals surface area contributed by atoms with Crippen LogP contribution < -0.4 is 10.2 Å². The predicted molar refractivity (Wildman–Crippen MR) is 139 cm³/mol. The van der Waals surface area contributed by atoms with Gasteiger partial charge in [-0.3, -0.25) is 4.79 Å². The van der Waals surface area contributed by atoms with Gasteiger partial charge >= 0.3 is 6.18 Å². The molecule has 0 aliphatic carbocycles. The minimum atomic E-state index is -4.57. The number of alkyl halides is 3. The fourth-order valence-electron chi connectivity index (χ4n) is 4.80. The van der Waals surface area contributed by atoms with Gasteiger partial charge < -0.3 is 19.8 Å². The first kappa shape index (κ1) is 23.8. The summed E-state index contributed by atoms with van der Waals surface area (Å²) < 4.78 is 42.4. The van der Waals surface area contributed by atoms with Crippen LogP contribution in [0.2, 0.25) is 0 Å². The van der Waals surface area contributed by atoms with Crippen LogP contribution >= 0.6 is 0 Å². The van der Waals surface area contributed by atoms with E-state index in [0.29, 0.717) is 17.8 Å². The lowest BCUT2D eigenvalue weighted by molar-refractivity contribution is -0.137. The number of imidazole rings is 1. The van der Waals surface area contributed by atoms with Crippen molar-refractivity contribution in [2.45, 2.75) is 26.1 Å². The van der Waals surface area contributed by atoms with E-state index in [4.69, 9.17) is 0 Å². The van der Waals surface area contributed by atoms with E-state index in [1.54, 1.807) is 25.3 Å². The van der Waals surface area contributed by atoms with Crippen molar-refractivity contribution in [3.63, 3.8) is 0 Å². The maximum Gasteiger partial charge on any atom is 0.416 e. The Morgan fingerprint density at radius 1 is 1.11 bits per heavy atom. The highest BCUT2D eigenvalue weighted by atomic mass is 19.4. The number of carbonyl (C=O) groups excluding carboxylic acids is 1. The van der Waals surface area contributed by atoms with Crippen molar-refractivity contribution in [2.75, 3.05) is 16.8 Å². The standard InChI is InChI=1S/C28H23F3N6O/c1-17-14-37(16-34-17)24-11-22(28(29,30)31)10-23(12-24)35-27(38)21-3-2-19-5-7-36(25(19)9-21)15-18-8-20-4-6-32-26(20)33-13-18/h2-4,6,8-14,16H,5,7,15H2,1H3,(H,32,33)(H,35,38). The normalized spacial score (nSPS) is 13.2. The molecule has 1 amide bonds. The van der Waals surface area contributed by atoms with Crippen LogP contribution in [0.5, 0.6) is 0 Å². The molecule has 38 heavy (non-hydrogen) atoms. The fourth-order valence-corrected chi connectivity index (χ4v) is 4.80. The highest BCUT2D eigenvalue weighted by molar-refractivity contribution is 6.05. The van der Waals surface area contributed by atoms with Crippen LogP contribution in [0.3, 0.4) is 0 Å². The summed E-state index contributed by atoms with van der Waals surface area (Å²) >= 11 is 0. The van der Waals surface area contributed by atoms with Crippen molar-refractivity contribution < 1.29 is 18.0 Å². The Bertz CT molecular complexity index is 1670. The number of anilines is 2. The highest BCUT2D eigenvalue weighted by Gasteiger charge is 2.32. The second kappa shape index (κ2) is 9.05. The Labute approximate surface area is 216 Å². The average molecular weight is 517 g/mol. The molecule has 7 nitrogen and oxygen atoms in total. The van der Waals surface area contributed by atoms with Crippen LogP contribution in [0.15, 0.2) is 73.4 Å². The number of nitrogens with one attached hydrogen (secondary N) is 2. The molecule has 6 rings (SSSR count). The molecule has 3 aromatic heterocycles. The number of aromatic nitrogens is 4. The van der Waals surface area contributed by atoms with E-state index in [2.05, 4.69) is 31.2 Å². The molecule has 0 bridgehead atoms. The van der Waals surface area contributed by atoms with Crippen LogP contribution in [-0.2, 0) is 19.1 Å². The SMILES string of the molecule is Cc1cn(-c2cc(NC(=O)c3ccc4c(c3)N(Cc3cnc5[nH]ccc5c3)CC4)cc(C(F)(F)F)c2)cn1. The number of hydrogen-bond acceptors (Lipinski definition) is 4. The van der Waals surface area contributed by atoms with E-state index in [-0.39, 0.29) is 11.4 Å². The molecule has 4 heterocycles. The van der Waals surface area contributed by atoms with Gasteiger partial charge in [0.15, 0.2) is 0 Å². The molecule has 1 aliphatic heterocycles. The number of aromatic amines is 1. The zero-order chi connectivity index (χ0) is 26.4. The number of nitrogens with zero attached hydrogens (tertiary/aromatic N) is 4. The van der Waals surface area contributed by atoms with E-state index in [1.165, 1.54) is 17.0 Å². The number of fused-ring (bicyclic) bond motifs is 2. The first-order chi connectivity index (χ1) is 18.2. The summed E-state index contributed by atoms with van der Waals surface area (Å²) in [4.78, 5) is 27.0. The number of H-pyrrole nitrogens is 1. The largest absolute Gasteiger partial charge is 0.416 e. The van der Waals surface area contributed by atoms with Crippen LogP contribution in [0, 0.1) is 6.92 Å². The summed E-state index contributed by atoms with van der Waals surface area (Å²) in [6.07, 6.45) is 3.02. The summed E-state index contributed by atoms with van der Waals surface area (Å²) in [5, 5.41) is 3.68. The van der Waals surface area contributed by atoms with Gasteiger partial charge in [0.1, 0.15) is 5.65 Å². The van der Waals surface area contributed by atoms with Crippen molar-refractivity contribution in [3.05, 3.63) is 101 Å². The third-order valence-electron chi connectivity index (χ3n) is 6.68. The molecule has 0 unspecified atom stereocenters. The molecule has 2 N–H and O–H groups in total. The minimum Gasteiger partial charge on any atom is -0.367 e. The molecule has 0 fully saturated rings. The van der Waals surface area contributed by atoms with Gasteiger partial charge in [-0.15, -0.1) is 0 Å². The zero-order valence-electron chi connectivity index (χ0n) is 20.4. The van der Waals surface area contributed by atoms with E-state index in [0.717, 1.165) is 52.9 Å². The van der Waals surface area contributed by atoms with Crippen molar-refractivity contribution >= 4 is 28.3 Å². The maximum absolute atomic E-state index is 13.6. The lowest BCUT2D eigenvalue weighted by Gasteiger charge is -2.20. The van der Waals surface area contributed by atoms with Gasteiger partial charge in [-0.1, -0.05) is 6.07 Å². The second-order valence-corrected chi connectivity index (χ2v) is 9.42. The number of benzene rings is 2.